The van der Waals surface area contributed by atoms with Gasteiger partial charge in [-0.1, -0.05) is 98.8 Å². The standard InChI is InChI=1S/C44H36N2O2S2/c1-3-6-33-25-39(27-41(26-33)49-40-21-17-36(18-22-40)34-13-9-31(29-45)10-14-34)44(4-2)38-7-5-8-43(28-38)50(47,48)42-23-19-37(20-24-42)35-15-11-32(30-46)12-16-35/h5,7-28,44H,3-4,6H2,1-2H3. The first kappa shape index (κ1) is 34.5. The molecule has 4 nitrogen and oxygen atoms in total. The summed E-state index contributed by atoms with van der Waals surface area (Å²) < 4.78 is 27.7. The highest BCUT2D eigenvalue weighted by Gasteiger charge is 2.21. The summed E-state index contributed by atoms with van der Waals surface area (Å²) in [5, 5.41) is 18.2. The molecule has 6 aromatic rings. The van der Waals surface area contributed by atoms with Gasteiger partial charge in [0.25, 0.3) is 0 Å². The Labute approximate surface area is 299 Å². The quantitative estimate of drug-likeness (QED) is 0.135. The number of hydrogen-bond donors (Lipinski definition) is 0. The van der Waals surface area contributed by atoms with Crippen LogP contribution in [0.3, 0.4) is 0 Å². The van der Waals surface area contributed by atoms with Crippen molar-refractivity contribution in [1.29, 1.82) is 10.5 Å². The molecule has 0 spiro atoms. The zero-order chi connectivity index (χ0) is 35.1. The van der Waals surface area contributed by atoms with E-state index in [0.717, 1.165) is 56.9 Å². The maximum Gasteiger partial charge on any atom is 0.206 e. The number of benzene rings is 6. The van der Waals surface area contributed by atoms with Gasteiger partial charge in [-0.3, -0.25) is 0 Å². The van der Waals surface area contributed by atoms with Crippen molar-refractivity contribution < 1.29 is 8.42 Å². The maximum atomic E-state index is 13.9. The van der Waals surface area contributed by atoms with E-state index >= 15 is 0 Å². The fraction of sp³-hybridized carbons (Fsp3) is 0.136. The number of rotatable bonds is 11. The topological polar surface area (TPSA) is 81.7 Å². The second kappa shape index (κ2) is 15.4. The van der Waals surface area contributed by atoms with Crippen molar-refractivity contribution in [2.45, 2.75) is 58.6 Å². The predicted octanol–water partition coefficient (Wildman–Crippen LogP) is 11.2. The molecule has 0 saturated heterocycles. The van der Waals surface area contributed by atoms with Gasteiger partial charge >= 0.3 is 0 Å². The van der Waals surface area contributed by atoms with Crippen molar-refractivity contribution in [3.05, 3.63) is 167 Å². The van der Waals surface area contributed by atoms with E-state index < -0.39 is 9.84 Å². The molecule has 0 heterocycles. The van der Waals surface area contributed by atoms with E-state index in [1.807, 2.05) is 66.7 Å². The Morgan fingerprint density at radius 3 is 1.64 bits per heavy atom. The zero-order valence-corrected chi connectivity index (χ0v) is 29.6. The fourth-order valence-electron chi connectivity index (χ4n) is 6.23. The normalized spacial score (nSPS) is 11.8. The SMILES string of the molecule is CCCc1cc(Sc2ccc(-c3ccc(C#N)cc3)cc2)cc(C(CC)c2cccc(S(=O)(=O)c3ccc(-c4ccc(C#N)cc4)cc3)c2)c1. The van der Waals surface area contributed by atoms with Gasteiger partial charge in [-0.15, -0.1) is 0 Å². The van der Waals surface area contributed by atoms with E-state index in [1.54, 1.807) is 42.1 Å². The van der Waals surface area contributed by atoms with E-state index in [4.69, 9.17) is 10.5 Å². The third-order valence-corrected chi connectivity index (χ3v) is 11.6. The first-order valence-electron chi connectivity index (χ1n) is 16.7. The summed E-state index contributed by atoms with van der Waals surface area (Å²) in [5.74, 6) is 0.0267. The van der Waals surface area contributed by atoms with Gasteiger partial charge in [0.1, 0.15) is 0 Å². The van der Waals surface area contributed by atoms with Crippen molar-refractivity contribution in [3.8, 4) is 34.4 Å². The summed E-state index contributed by atoms with van der Waals surface area (Å²) in [4.78, 5) is 2.81. The molecule has 0 aromatic heterocycles. The van der Waals surface area contributed by atoms with Gasteiger partial charge in [-0.05, 0) is 125 Å². The molecule has 6 heteroatoms. The van der Waals surface area contributed by atoms with Crippen molar-refractivity contribution in [2.24, 2.45) is 0 Å². The van der Waals surface area contributed by atoms with Crippen LogP contribution in [0.25, 0.3) is 22.3 Å². The van der Waals surface area contributed by atoms with Gasteiger partial charge in [-0.25, -0.2) is 8.42 Å². The van der Waals surface area contributed by atoms with E-state index in [2.05, 4.69) is 68.5 Å². The molecular formula is C44H36N2O2S2. The summed E-state index contributed by atoms with van der Waals surface area (Å²) in [6, 6.07) is 48.8. The van der Waals surface area contributed by atoms with Gasteiger partial charge in [0.05, 0.1) is 33.1 Å². The van der Waals surface area contributed by atoms with Crippen LogP contribution >= 0.6 is 11.8 Å². The first-order chi connectivity index (χ1) is 24.3. The number of nitriles is 2. The average Bonchev–Trinajstić information content (AvgIpc) is 3.16. The lowest BCUT2D eigenvalue weighted by Gasteiger charge is -2.20. The van der Waals surface area contributed by atoms with E-state index in [1.165, 1.54) is 11.1 Å². The summed E-state index contributed by atoms with van der Waals surface area (Å²) in [6.45, 7) is 4.33. The van der Waals surface area contributed by atoms with Crippen LogP contribution in [-0.2, 0) is 16.3 Å². The average molecular weight is 689 g/mol. The third-order valence-electron chi connectivity index (χ3n) is 8.86. The van der Waals surface area contributed by atoms with Crippen molar-refractivity contribution >= 4 is 21.6 Å². The molecule has 0 amide bonds. The molecule has 0 saturated carbocycles. The van der Waals surface area contributed by atoms with Crippen LogP contribution in [-0.4, -0.2) is 8.42 Å². The maximum absolute atomic E-state index is 13.9. The largest absolute Gasteiger partial charge is 0.219 e. The lowest BCUT2D eigenvalue weighted by Crippen LogP contribution is -2.06. The van der Waals surface area contributed by atoms with Crippen molar-refractivity contribution in [2.75, 3.05) is 0 Å². The molecule has 50 heavy (non-hydrogen) atoms. The summed E-state index contributed by atoms with van der Waals surface area (Å²) in [7, 11) is -3.75. The molecular weight excluding hydrogens is 653 g/mol. The Morgan fingerprint density at radius 2 is 1.12 bits per heavy atom. The van der Waals surface area contributed by atoms with Crippen LogP contribution < -0.4 is 0 Å². The molecule has 6 aromatic carbocycles. The summed E-state index contributed by atoms with van der Waals surface area (Å²) in [6.07, 6.45) is 2.81. The second-order valence-corrected chi connectivity index (χ2v) is 15.3. The van der Waals surface area contributed by atoms with Gasteiger partial charge in [0.2, 0.25) is 9.84 Å². The first-order valence-corrected chi connectivity index (χ1v) is 19.0. The van der Waals surface area contributed by atoms with Crippen LogP contribution in [0.4, 0.5) is 0 Å². The van der Waals surface area contributed by atoms with Crippen LogP contribution in [0.15, 0.2) is 159 Å². The lowest BCUT2D eigenvalue weighted by atomic mass is 9.88. The van der Waals surface area contributed by atoms with Crippen LogP contribution in [0.2, 0.25) is 0 Å². The zero-order valence-electron chi connectivity index (χ0n) is 28.0. The van der Waals surface area contributed by atoms with Crippen LogP contribution in [0.5, 0.6) is 0 Å². The highest BCUT2D eigenvalue weighted by Crippen LogP contribution is 2.37. The van der Waals surface area contributed by atoms with Gasteiger partial charge in [0.15, 0.2) is 0 Å². The molecule has 1 unspecified atom stereocenters. The number of hydrogen-bond acceptors (Lipinski definition) is 5. The minimum Gasteiger partial charge on any atom is -0.219 e. The smallest absolute Gasteiger partial charge is 0.206 e. The number of nitrogens with zero attached hydrogens (tertiary/aromatic N) is 2. The fourth-order valence-corrected chi connectivity index (χ4v) is 8.50. The molecule has 0 N–H and O–H groups in total. The summed E-state index contributed by atoms with van der Waals surface area (Å²) in [5.41, 5.74) is 8.62. The van der Waals surface area contributed by atoms with Crippen molar-refractivity contribution in [3.63, 3.8) is 0 Å². The Morgan fingerprint density at radius 1 is 0.580 bits per heavy atom. The highest BCUT2D eigenvalue weighted by atomic mass is 32.2. The Bertz CT molecular complexity index is 2300. The molecule has 0 aliphatic heterocycles. The minimum atomic E-state index is -3.75. The molecule has 0 aliphatic rings. The summed E-state index contributed by atoms with van der Waals surface area (Å²) >= 11 is 1.73. The van der Waals surface area contributed by atoms with Crippen LogP contribution in [0, 0.1) is 22.7 Å². The number of aryl methyl sites for hydroxylation is 1. The number of sulfone groups is 1. The second-order valence-electron chi connectivity index (χ2n) is 12.2. The van der Waals surface area contributed by atoms with Gasteiger partial charge < -0.3 is 0 Å². The Balaban J connectivity index is 1.25. The van der Waals surface area contributed by atoms with E-state index in [0.29, 0.717) is 11.1 Å². The minimum absolute atomic E-state index is 0.0267. The Kier molecular flexibility index (Phi) is 10.6. The highest BCUT2D eigenvalue weighted by molar-refractivity contribution is 7.99. The molecule has 0 fully saturated rings. The van der Waals surface area contributed by atoms with Crippen molar-refractivity contribution in [1.82, 2.24) is 0 Å². The lowest BCUT2D eigenvalue weighted by molar-refractivity contribution is 0.595. The predicted molar refractivity (Wildman–Crippen MR) is 202 cm³/mol. The van der Waals surface area contributed by atoms with Gasteiger partial charge in [-0.2, -0.15) is 10.5 Å². The molecule has 0 bridgehead atoms. The molecule has 0 aliphatic carbocycles. The molecule has 0 radical (unpaired) electrons. The van der Waals surface area contributed by atoms with E-state index in [-0.39, 0.29) is 15.7 Å². The molecule has 1 atom stereocenters. The monoisotopic (exact) mass is 688 g/mol. The molecule has 6 rings (SSSR count). The van der Waals surface area contributed by atoms with Gasteiger partial charge in [0, 0.05) is 15.7 Å². The van der Waals surface area contributed by atoms with Crippen LogP contribution in [0.1, 0.15) is 60.4 Å². The Hall–Kier alpha value is -5.40. The molecule has 246 valence electrons. The van der Waals surface area contributed by atoms with E-state index in [9.17, 15) is 8.42 Å². The third kappa shape index (κ3) is 7.74.